The molecule has 3 amide bonds. The van der Waals surface area contributed by atoms with E-state index in [1.54, 1.807) is 7.11 Å². The van der Waals surface area contributed by atoms with Crippen LogP contribution in [0.5, 0.6) is 0 Å². The zero-order valence-corrected chi connectivity index (χ0v) is 15.4. The average molecular weight is 348 g/mol. The van der Waals surface area contributed by atoms with Crippen LogP contribution in [0.15, 0.2) is 24.3 Å². The van der Waals surface area contributed by atoms with Crippen molar-refractivity contribution in [2.24, 2.45) is 0 Å². The number of hydrogen-bond donors (Lipinski definition) is 2. The van der Waals surface area contributed by atoms with Gasteiger partial charge in [-0.05, 0) is 25.5 Å². The van der Waals surface area contributed by atoms with Crippen LogP contribution in [0.1, 0.15) is 19.4 Å². The first-order chi connectivity index (χ1) is 11.9. The topological polar surface area (TPSA) is 73.9 Å². The van der Waals surface area contributed by atoms with Crippen LogP contribution in [0.4, 0.5) is 10.5 Å². The van der Waals surface area contributed by atoms with Crippen molar-refractivity contribution in [3.8, 4) is 0 Å². The fourth-order valence-electron chi connectivity index (χ4n) is 3.12. The van der Waals surface area contributed by atoms with Gasteiger partial charge >= 0.3 is 6.03 Å². The van der Waals surface area contributed by atoms with E-state index >= 15 is 0 Å². The summed E-state index contributed by atoms with van der Waals surface area (Å²) in [7, 11) is 3.63. The van der Waals surface area contributed by atoms with Gasteiger partial charge in [0, 0.05) is 39.0 Å². The van der Waals surface area contributed by atoms with Crippen LogP contribution in [0.2, 0.25) is 0 Å². The first-order valence-corrected chi connectivity index (χ1v) is 8.53. The van der Waals surface area contributed by atoms with Crippen molar-refractivity contribution < 1.29 is 14.3 Å². The molecular weight excluding hydrogens is 320 g/mol. The number of para-hydroxylation sites is 1. The number of carbonyl (C=O) groups is 2. The largest absolute Gasteiger partial charge is 0.383 e. The molecule has 1 heterocycles. The molecule has 0 fully saturated rings. The zero-order valence-electron chi connectivity index (χ0n) is 15.4. The fraction of sp³-hybridized carbons (Fsp3) is 0.556. The predicted molar refractivity (Wildman–Crippen MR) is 97.6 cm³/mol. The third-order valence-electron chi connectivity index (χ3n) is 4.33. The number of imide groups is 1. The second-order valence-electron chi connectivity index (χ2n) is 6.64. The second kappa shape index (κ2) is 8.82. The van der Waals surface area contributed by atoms with E-state index in [4.69, 9.17) is 4.74 Å². The molecule has 1 aromatic carbocycles. The van der Waals surface area contributed by atoms with Gasteiger partial charge in [-0.2, -0.15) is 0 Å². The van der Waals surface area contributed by atoms with E-state index in [1.165, 1.54) is 11.3 Å². The van der Waals surface area contributed by atoms with E-state index in [0.29, 0.717) is 13.2 Å². The van der Waals surface area contributed by atoms with Gasteiger partial charge in [0.1, 0.15) is 0 Å². The Hall–Kier alpha value is -2.12. The number of likely N-dealkylation sites (N-methyl/N-ethyl adjacent to an activating group) is 1. The van der Waals surface area contributed by atoms with E-state index < -0.39 is 6.03 Å². The first-order valence-electron chi connectivity index (χ1n) is 8.53. The summed E-state index contributed by atoms with van der Waals surface area (Å²) in [6, 6.07) is 7.74. The number of benzene rings is 1. The Morgan fingerprint density at radius 3 is 2.80 bits per heavy atom. The summed E-state index contributed by atoms with van der Waals surface area (Å²) in [4.78, 5) is 28.4. The van der Waals surface area contributed by atoms with Gasteiger partial charge in [-0.15, -0.1) is 0 Å². The molecule has 25 heavy (non-hydrogen) atoms. The van der Waals surface area contributed by atoms with Gasteiger partial charge in [-0.3, -0.25) is 15.0 Å². The van der Waals surface area contributed by atoms with Crippen molar-refractivity contribution in [2.45, 2.75) is 32.5 Å². The third-order valence-corrected chi connectivity index (χ3v) is 4.33. The van der Waals surface area contributed by atoms with Crippen LogP contribution < -0.4 is 15.5 Å². The summed E-state index contributed by atoms with van der Waals surface area (Å²) in [5.41, 5.74) is 2.36. The third kappa shape index (κ3) is 5.44. The Kier molecular flexibility index (Phi) is 6.78. The van der Waals surface area contributed by atoms with Gasteiger partial charge < -0.3 is 15.0 Å². The predicted octanol–water partition coefficient (Wildman–Crippen LogP) is 1.19. The van der Waals surface area contributed by atoms with Gasteiger partial charge in [-0.1, -0.05) is 18.2 Å². The highest BCUT2D eigenvalue weighted by molar-refractivity contribution is 5.95. The molecule has 0 aromatic heterocycles. The zero-order chi connectivity index (χ0) is 18.4. The van der Waals surface area contributed by atoms with Gasteiger partial charge in [0.15, 0.2) is 0 Å². The lowest BCUT2D eigenvalue weighted by atomic mass is 10.1. The van der Waals surface area contributed by atoms with E-state index in [2.05, 4.69) is 46.5 Å². The molecular formula is C18H28N4O3. The number of amides is 3. The van der Waals surface area contributed by atoms with Crippen molar-refractivity contribution in [1.29, 1.82) is 0 Å². The number of fused-ring (bicyclic) bond motifs is 1. The van der Waals surface area contributed by atoms with Crippen LogP contribution in [0.25, 0.3) is 0 Å². The molecule has 1 aromatic rings. The number of carbonyl (C=O) groups excluding carboxylic acids is 2. The number of nitrogens with zero attached hydrogens (tertiary/aromatic N) is 2. The van der Waals surface area contributed by atoms with Crippen LogP contribution in [-0.4, -0.2) is 62.8 Å². The standard InChI is InChI=1S/C18H28N4O3/c1-13(12-25-4)19-18(24)20-17(23)11-22-10-15-7-5-6-8-16(15)21(3)9-14(22)2/h5-8,13-14H,9-12H2,1-4H3,(H2,19,20,23,24)/t13-,14+/m1/s1. The van der Waals surface area contributed by atoms with Crippen molar-refractivity contribution in [1.82, 2.24) is 15.5 Å². The SMILES string of the molecule is COC[C@@H](C)NC(=O)NC(=O)CN1Cc2ccccc2N(C)C[C@@H]1C. The molecule has 2 N–H and O–H groups in total. The van der Waals surface area contributed by atoms with Crippen LogP contribution >= 0.6 is 0 Å². The average Bonchev–Trinajstić information content (AvgIpc) is 2.64. The Bertz CT molecular complexity index is 608. The van der Waals surface area contributed by atoms with Crippen molar-refractivity contribution in [2.75, 3.05) is 38.8 Å². The molecule has 0 bridgehead atoms. The molecule has 2 rings (SSSR count). The quantitative estimate of drug-likeness (QED) is 0.836. The molecule has 0 saturated heterocycles. The second-order valence-corrected chi connectivity index (χ2v) is 6.64. The van der Waals surface area contributed by atoms with Crippen LogP contribution in [0, 0.1) is 0 Å². The summed E-state index contributed by atoms with van der Waals surface area (Å²) < 4.78 is 4.96. The van der Waals surface area contributed by atoms with Crippen LogP contribution in [-0.2, 0) is 16.1 Å². The highest BCUT2D eigenvalue weighted by Crippen LogP contribution is 2.25. The molecule has 2 atom stereocenters. The van der Waals surface area contributed by atoms with Gasteiger partial charge in [0.25, 0.3) is 0 Å². The minimum atomic E-state index is -0.491. The summed E-state index contributed by atoms with van der Waals surface area (Å²) in [6.45, 7) is 5.98. The molecule has 1 aliphatic rings. The summed E-state index contributed by atoms with van der Waals surface area (Å²) in [6.07, 6.45) is 0. The Morgan fingerprint density at radius 1 is 1.36 bits per heavy atom. The number of anilines is 1. The minimum Gasteiger partial charge on any atom is -0.383 e. The smallest absolute Gasteiger partial charge is 0.321 e. The van der Waals surface area contributed by atoms with E-state index in [1.807, 2.05) is 19.1 Å². The van der Waals surface area contributed by atoms with Gasteiger partial charge in [0.2, 0.25) is 5.91 Å². The number of methoxy groups -OCH3 is 1. The first kappa shape index (κ1) is 19.2. The van der Waals surface area contributed by atoms with E-state index in [-0.39, 0.29) is 24.5 Å². The maximum Gasteiger partial charge on any atom is 0.321 e. The highest BCUT2D eigenvalue weighted by Gasteiger charge is 2.25. The highest BCUT2D eigenvalue weighted by atomic mass is 16.5. The number of nitrogens with one attached hydrogen (secondary N) is 2. The lowest BCUT2D eigenvalue weighted by molar-refractivity contribution is -0.121. The summed E-state index contributed by atoms with van der Waals surface area (Å²) in [5, 5.41) is 5.07. The molecule has 1 aliphatic heterocycles. The normalized spacial score (nSPS) is 18.9. The minimum absolute atomic E-state index is 0.157. The number of ether oxygens (including phenoxy) is 1. The van der Waals surface area contributed by atoms with E-state index in [9.17, 15) is 9.59 Å². The molecule has 138 valence electrons. The maximum atomic E-state index is 12.3. The lowest BCUT2D eigenvalue weighted by Gasteiger charge is -2.27. The molecule has 0 unspecified atom stereocenters. The van der Waals surface area contributed by atoms with Crippen molar-refractivity contribution in [3.05, 3.63) is 29.8 Å². The number of rotatable bonds is 5. The molecule has 0 saturated carbocycles. The fourth-order valence-corrected chi connectivity index (χ4v) is 3.12. The van der Waals surface area contributed by atoms with Gasteiger partial charge in [-0.25, -0.2) is 4.79 Å². The molecule has 0 radical (unpaired) electrons. The van der Waals surface area contributed by atoms with Gasteiger partial charge in [0.05, 0.1) is 19.2 Å². The molecule has 7 heteroatoms. The molecule has 7 nitrogen and oxygen atoms in total. The van der Waals surface area contributed by atoms with Crippen LogP contribution in [0.3, 0.4) is 0 Å². The van der Waals surface area contributed by atoms with E-state index in [0.717, 1.165) is 6.54 Å². The molecule has 0 spiro atoms. The summed E-state index contributed by atoms with van der Waals surface area (Å²) in [5.74, 6) is -0.309. The summed E-state index contributed by atoms with van der Waals surface area (Å²) >= 11 is 0. The van der Waals surface area contributed by atoms with Crippen molar-refractivity contribution in [3.63, 3.8) is 0 Å². The Labute approximate surface area is 149 Å². The Balaban J connectivity index is 1.95. The number of hydrogen-bond acceptors (Lipinski definition) is 5. The lowest BCUT2D eigenvalue weighted by Crippen LogP contribution is -2.49. The Morgan fingerprint density at radius 2 is 2.08 bits per heavy atom. The maximum absolute atomic E-state index is 12.3. The monoisotopic (exact) mass is 348 g/mol. The van der Waals surface area contributed by atoms with Crippen molar-refractivity contribution >= 4 is 17.6 Å². The molecule has 0 aliphatic carbocycles. The number of urea groups is 1.